The number of benzene rings is 1. The lowest BCUT2D eigenvalue weighted by molar-refractivity contribution is -0.136. The highest BCUT2D eigenvalue weighted by molar-refractivity contribution is 7.23. The summed E-state index contributed by atoms with van der Waals surface area (Å²) >= 11 is 8.58. The maximum Gasteiger partial charge on any atom is 0.308 e. The van der Waals surface area contributed by atoms with E-state index >= 15 is 0 Å². The van der Waals surface area contributed by atoms with Crippen LogP contribution in [0.2, 0.25) is 4.34 Å². The number of hydrogen-bond acceptors (Lipinski definition) is 5. The third-order valence-electron chi connectivity index (χ3n) is 2.72. The van der Waals surface area contributed by atoms with Crippen molar-refractivity contribution in [2.24, 2.45) is 0 Å². The van der Waals surface area contributed by atoms with Gasteiger partial charge in [-0.15, -0.1) is 11.3 Å². The second-order valence-electron chi connectivity index (χ2n) is 4.20. The van der Waals surface area contributed by atoms with Crippen LogP contribution in [0.15, 0.2) is 36.5 Å². The minimum atomic E-state index is -0.875. The largest absolute Gasteiger partial charge is 0.481 e. The zero-order valence-corrected chi connectivity index (χ0v) is 13.0. The summed E-state index contributed by atoms with van der Waals surface area (Å²) in [6.07, 6.45) is 1.52. The van der Waals surface area contributed by atoms with E-state index in [1.54, 1.807) is 6.20 Å². The van der Waals surface area contributed by atoms with E-state index in [1.807, 2.05) is 30.3 Å². The van der Waals surface area contributed by atoms with Crippen LogP contribution in [0.4, 0.5) is 0 Å². The molecule has 1 aromatic carbocycles. The number of hydrogen-bond donors (Lipinski definition) is 1. The molecule has 0 unspecified atom stereocenters. The number of aliphatic carboxylic acids is 1. The molecule has 2 heterocycles. The van der Waals surface area contributed by atoms with Gasteiger partial charge in [-0.2, -0.15) is 0 Å². The molecule has 3 aromatic rings. The number of halogens is 1. The summed E-state index contributed by atoms with van der Waals surface area (Å²) in [6.45, 7) is 0. The van der Waals surface area contributed by atoms with Crippen LogP contribution >= 0.6 is 34.3 Å². The molecule has 0 amide bonds. The van der Waals surface area contributed by atoms with Gasteiger partial charge < -0.3 is 5.11 Å². The van der Waals surface area contributed by atoms with Crippen LogP contribution in [0.25, 0.3) is 21.3 Å². The van der Waals surface area contributed by atoms with Gasteiger partial charge in [0, 0.05) is 10.4 Å². The highest BCUT2D eigenvalue weighted by atomic mass is 35.5. The van der Waals surface area contributed by atoms with Crippen molar-refractivity contribution < 1.29 is 9.90 Å². The summed E-state index contributed by atoms with van der Waals surface area (Å²) in [4.78, 5) is 20.5. The van der Waals surface area contributed by atoms with E-state index in [9.17, 15) is 4.79 Å². The van der Waals surface area contributed by atoms with Gasteiger partial charge in [0.15, 0.2) is 10.0 Å². The van der Waals surface area contributed by atoms with Gasteiger partial charge in [0.1, 0.15) is 4.34 Å². The van der Waals surface area contributed by atoms with Crippen LogP contribution in [-0.2, 0) is 11.2 Å². The molecule has 0 spiro atoms. The molecule has 0 aliphatic rings. The van der Waals surface area contributed by atoms with E-state index in [0.29, 0.717) is 20.0 Å². The first-order valence-electron chi connectivity index (χ1n) is 6.02. The quantitative estimate of drug-likeness (QED) is 0.775. The summed E-state index contributed by atoms with van der Waals surface area (Å²) < 4.78 is 0.584. The third-order valence-corrected chi connectivity index (χ3v) is 5.03. The average Bonchev–Trinajstić information content (AvgIpc) is 3.06. The fourth-order valence-electron chi connectivity index (χ4n) is 1.88. The van der Waals surface area contributed by atoms with Crippen molar-refractivity contribution in [3.63, 3.8) is 0 Å². The molecule has 0 atom stereocenters. The lowest BCUT2D eigenvalue weighted by atomic mass is 10.1. The fourth-order valence-corrected chi connectivity index (χ4v) is 3.89. The first kappa shape index (κ1) is 14.2. The molecule has 1 N–H and O–H groups in total. The zero-order chi connectivity index (χ0) is 14.8. The summed E-state index contributed by atoms with van der Waals surface area (Å²) in [5.41, 5.74) is 1.60. The lowest BCUT2D eigenvalue weighted by Gasteiger charge is -1.99. The van der Waals surface area contributed by atoms with E-state index in [-0.39, 0.29) is 6.42 Å². The van der Waals surface area contributed by atoms with Crippen molar-refractivity contribution in [3.05, 3.63) is 45.7 Å². The number of carboxylic acids is 1. The Kier molecular flexibility index (Phi) is 4.01. The van der Waals surface area contributed by atoms with Crippen LogP contribution in [-0.4, -0.2) is 21.0 Å². The van der Waals surface area contributed by atoms with E-state index in [0.717, 1.165) is 10.4 Å². The van der Waals surface area contributed by atoms with Gasteiger partial charge in [-0.1, -0.05) is 53.3 Å². The van der Waals surface area contributed by atoms with Gasteiger partial charge in [-0.25, -0.2) is 9.97 Å². The summed E-state index contributed by atoms with van der Waals surface area (Å²) in [5.74, 6) is -0.875. The SMILES string of the molecule is O=C(O)Cc1sc(-c2ncc(Cl)s2)nc1-c1ccccc1. The van der Waals surface area contributed by atoms with E-state index in [2.05, 4.69) is 9.97 Å². The molecule has 0 saturated carbocycles. The Labute approximate surface area is 133 Å². The van der Waals surface area contributed by atoms with Crippen molar-refractivity contribution in [2.75, 3.05) is 0 Å². The van der Waals surface area contributed by atoms with Crippen molar-refractivity contribution >= 4 is 40.2 Å². The first-order chi connectivity index (χ1) is 10.1. The third kappa shape index (κ3) is 3.12. The number of carboxylic acid groups (broad SMARTS) is 1. The highest BCUT2D eigenvalue weighted by Gasteiger charge is 2.18. The molecule has 0 saturated heterocycles. The second kappa shape index (κ2) is 5.93. The molecule has 2 aromatic heterocycles. The summed E-state index contributed by atoms with van der Waals surface area (Å²) in [7, 11) is 0. The van der Waals surface area contributed by atoms with Gasteiger partial charge in [0.2, 0.25) is 0 Å². The van der Waals surface area contributed by atoms with Crippen LogP contribution in [0.5, 0.6) is 0 Å². The number of rotatable bonds is 4. The summed E-state index contributed by atoms with van der Waals surface area (Å²) in [6, 6.07) is 9.55. The van der Waals surface area contributed by atoms with E-state index in [1.165, 1.54) is 22.7 Å². The molecule has 3 rings (SSSR count). The molecule has 4 nitrogen and oxygen atoms in total. The van der Waals surface area contributed by atoms with E-state index < -0.39 is 5.97 Å². The summed E-state index contributed by atoms with van der Waals surface area (Å²) in [5, 5.41) is 10.5. The van der Waals surface area contributed by atoms with Gasteiger partial charge in [-0.05, 0) is 0 Å². The molecule has 7 heteroatoms. The Balaban J connectivity index is 2.09. The number of carbonyl (C=O) groups is 1. The standard InChI is InChI=1S/C14H9ClN2O2S2/c15-10-7-16-13(21-10)14-17-12(8-4-2-1-3-5-8)9(20-14)6-11(18)19/h1-5,7H,6H2,(H,18,19). The van der Waals surface area contributed by atoms with Crippen LogP contribution in [0.1, 0.15) is 4.88 Å². The van der Waals surface area contributed by atoms with Gasteiger partial charge in [0.25, 0.3) is 0 Å². The van der Waals surface area contributed by atoms with Crippen molar-refractivity contribution in [1.82, 2.24) is 9.97 Å². The molecule has 0 radical (unpaired) electrons. The normalized spacial score (nSPS) is 10.7. The molecule has 0 aliphatic carbocycles. The maximum atomic E-state index is 11.0. The monoisotopic (exact) mass is 336 g/mol. The predicted octanol–water partition coefficient (Wildman–Crippen LogP) is 4.21. The van der Waals surface area contributed by atoms with E-state index in [4.69, 9.17) is 16.7 Å². The maximum absolute atomic E-state index is 11.0. The molecular weight excluding hydrogens is 328 g/mol. The zero-order valence-electron chi connectivity index (χ0n) is 10.6. The van der Waals surface area contributed by atoms with Crippen LogP contribution < -0.4 is 0 Å². The smallest absolute Gasteiger partial charge is 0.308 e. The van der Waals surface area contributed by atoms with Crippen molar-refractivity contribution in [3.8, 4) is 21.3 Å². The first-order valence-corrected chi connectivity index (χ1v) is 8.03. The highest BCUT2D eigenvalue weighted by Crippen LogP contribution is 2.36. The number of nitrogens with zero attached hydrogens (tertiary/aromatic N) is 2. The fraction of sp³-hybridized carbons (Fsp3) is 0.0714. The predicted molar refractivity (Wildman–Crippen MR) is 85.0 cm³/mol. The van der Waals surface area contributed by atoms with Crippen LogP contribution in [0, 0.1) is 0 Å². The van der Waals surface area contributed by atoms with Crippen LogP contribution in [0.3, 0.4) is 0 Å². The van der Waals surface area contributed by atoms with Crippen molar-refractivity contribution in [1.29, 1.82) is 0 Å². The molecule has 0 bridgehead atoms. The lowest BCUT2D eigenvalue weighted by Crippen LogP contribution is -1.99. The molecule has 0 aliphatic heterocycles. The van der Waals surface area contributed by atoms with Gasteiger partial charge >= 0.3 is 5.97 Å². The Morgan fingerprint density at radius 3 is 2.57 bits per heavy atom. The minimum Gasteiger partial charge on any atom is -0.481 e. The minimum absolute atomic E-state index is 0.0546. The Hall–Kier alpha value is -1.76. The average molecular weight is 337 g/mol. The van der Waals surface area contributed by atoms with Crippen molar-refractivity contribution in [2.45, 2.75) is 6.42 Å². The van der Waals surface area contributed by atoms with Gasteiger partial charge in [-0.3, -0.25) is 4.79 Å². The second-order valence-corrected chi connectivity index (χ2v) is 6.94. The topological polar surface area (TPSA) is 63.1 Å². The number of aromatic nitrogens is 2. The Morgan fingerprint density at radius 1 is 1.19 bits per heavy atom. The molecule has 106 valence electrons. The molecule has 21 heavy (non-hydrogen) atoms. The Morgan fingerprint density at radius 2 is 1.95 bits per heavy atom. The molecule has 0 fully saturated rings. The molecular formula is C14H9ClN2O2S2. The van der Waals surface area contributed by atoms with Gasteiger partial charge in [0.05, 0.1) is 18.3 Å². The Bertz CT molecular complexity index is 783. The number of thiazole rings is 2.